The number of aromatic nitrogens is 1. The predicted molar refractivity (Wildman–Crippen MR) is 77.7 cm³/mol. The summed E-state index contributed by atoms with van der Waals surface area (Å²) in [5, 5.41) is 14.3. The van der Waals surface area contributed by atoms with E-state index < -0.39 is 14.9 Å². The summed E-state index contributed by atoms with van der Waals surface area (Å²) in [7, 11) is -2.31. The van der Waals surface area contributed by atoms with Gasteiger partial charge in [-0.2, -0.15) is 4.31 Å². The minimum Gasteiger partial charge on any atom is -0.360 e. The van der Waals surface area contributed by atoms with Crippen molar-refractivity contribution in [1.82, 2.24) is 9.46 Å². The van der Waals surface area contributed by atoms with Crippen LogP contribution in [0.25, 0.3) is 0 Å². The van der Waals surface area contributed by atoms with Gasteiger partial charge in [0, 0.05) is 25.7 Å². The number of benzene rings is 1. The first-order valence-corrected chi connectivity index (χ1v) is 7.80. The smallest absolute Gasteiger partial charge is 0.269 e. The van der Waals surface area contributed by atoms with Gasteiger partial charge >= 0.3 is 0 Å². The molecule has 0 unspecified atom stereocenters. The average Bonchev–Trinajstić information content (AvgIpc) is 2.79. The van der Waals surface area contributed by atoms with E-state index in [1.165, 1.54) is 38.2 Å². The lowest BCUT2D eigenvalue weighted by molar-refractivity contribution is -0.384. The fourth-order valence-electron chi connectivity index (χ4n) is 2.06. The van der Waals surface area contributed by atoms with Crippen LogP contribution < -0.4 is 0 Å². The van der Waals surface area contributed by atoms with E-state index >= 15 is 0 Å². The van der Waals surface area contributed by atoms with Crippen LogP contribution in [0.15, 0.2) is 33.7 Å². The third kappa shape index (κ3) is 3.00. The van der Waals surface area contributed by atoms with Crippen molar-refractivity contribution < 1.29 is 17.9 Å². The summed E-state index contributed by atoms with van der Waals surface area (Å²) in [6.45, 7) is 3.18. The molecule has 8 nitrogen and oxygen atoms in total. The second-order valence-corrected chi connectivity index (χ2v) is 6.82. The molecule has 0 bridgehead atoms. The Morgan fingerprint density at radius 2 is 1.86 bits per heavy atom. The minimum atomic E-state index is -3.74. The molecule has 2 aromatic rings. The molecular formula is C13H15N3O5S. The topological polar surface area (TPSA) is 107 Å². The van der Waals surface area contributed by atoms with Crippen LogP contribution in [0.2, 0.25) is 0 Å². The summed E-state index contributed by atoms with van der Waals surface area (Å²) in [5.41, 5.74) is 0.900. The van der Waals surface area contributed by atoms with Crippen LogP contribution in [-0.4, -0.2) is 29.9 Å². The fraction of sp³-hybridized carbons (Fsp3) is 0.308. The van der Waals surface area contributed by atoms with Crippen molar-refractivity contribution in [2.45, 2.75) is 25.3 Å². The van der Waals surface area contributed by atoms with E-state index in [4.69, 9.17) is 4.52 Å². The largest absolute Gasteiger partial charge is 0.360 e. The SMILES string of the molecule is Cc1noc(C)c1S(=O)(=O)N(C)Cc1ccc([N+](=O)[O-])cc1. The van der Waals surface area contributed by atoms with Gasteiger partial charge in [-0.15, -0.1) is 0 Å². The number of sulfonamides is 1. The molecule has 0 atom stereocenters. The highest BCUT2D eigenvalue weighted by atomic mass is 32.2. The summed E-state index contributed by atoms with van der Waals surface area (Å²) < 4.78 is 31.1. The van der Waals surface area contributed by atoms with E-state index in [1.807, 2.05) is 0 Å². The van der Waals surface area contributed by atoms with Gasteiger partial charge < -0.3 is 4.52 Å². The average molecular weight is 325 g/mol. The zero-order valence-electron chi connectivity index (χ0n) is 12.3. The van der Waals surface area contributed by atoms with Crippen molar-refractivity contribution in [3.63, 3.8) is 0 Å². The first kappa shape index (κ1) is 16.1. The minimum absolute atomic E-state index is 0.0417. The van der Waals surface area contributed by atoms with Crippen LogP contribution in [0.5, 0.6) is 0 Å². The fourth-order valence-corrected chi connectivity index (χ4v) is 3.51. The van der Waals surface area contributed by atoms with Crippen LogP contribution in [0.1, 0.15) is 17.0 Å². The van der Waals surface area contributed by atoms with Gasteiger partial charge in [-0.05, 0) is 19.4 Å². The number of aryl methyl sites for hydroxylation is 2. The van der Waals surface area contributed by atoms with Crippen molar-refractivity contribution >= 4 is 15.7 Å². The molecule has 0 amide bonds. The Balaban J connectivity index is 2.24. The zero-order chi connectivity index (χ0) is 16.5. The van der Waals surface area contributed by atoms with Gasteiger partial charge in [-0.25, -0.2) is 8.42 Å². The van der Waals surface area contributed by atoms with E-state index in [2.05, 4.69) is 5.16 Å². The summed E-state index contributed by atoms with van der Waals surface area (Å²) in [6, 6.07) is 5.73. The molecule has 0 saturated heterocycles. The van der Waals surface area contributed by atoms with E-state index in [-0.39, 0.29) is 22.9 Å². The summed E-state index contributed by atoms with van der Waals surface area (Å²) in [6.07, 6.45) is 0. The molecular weight excluding hydrogens is 310 g/mol. The molecule has 0 N–H and O–H groups in total. The number of non-ortho nitro benzene ring substituents is 1. The summed E-state index contributed by atoms with van der Waals surface area (Å²) in [5.74, 6) is 0.230. The molecule has 0 spiro atoms. The normalized spacial score (nSPS) is 11.8. The van der Waals surface area contributed by atoms with Crippen LogP contribution in [0.3, 0.4) is 0 Å². The van der Waals surface area contributed by atoms with Crippen molar-refractivity contribution in [3.8, 4) is 0 Å². The van der Waals surface area contributed by atoms with E-state index in [1.54, 1.807) is 6.92 Å². The molecule has 22 heavy (non-hydrogen) atoms. The molecule has 9 heteroatoms. The molecule has 0 aliphatic carbocycles. The quantitative estimate of drug-likeness (QED) is 0.615. The summed E-state index contributed by atoms with van der Waals surface area (Å²) in [4.78, 5) is 10.2. The Kier molecular flexibility index (Phi) is 4.29. The van der Waals surface area contributed by atoms with Crippen molar-refractivity contribution in [2.24, 2.45) is 0 Å². The highest BCUT2D eigenvalue weighted by molar-refractivity contribution is 7.89. The number of rotatable bonds is 5. The number of nitro groups is 1. The maximum absolute atomic E-state index is 12.5. The molecule has 2 rings (SSSR count). The first-order valence-electron chi connectivity index (χ1n) is 6.36. The zero-order valence-corrected chi connectivity index (χ0v) is 13.1. The number of hydrogen-bond acceptors (Lipinski definition) is 6. The lowest BCUT2D eigenvalue weighted by Gasteiger charge is -2.16. The van der Waals surface area contributed by atoms with Gasteiger partial charge in [0.05, 0.1) is 4.92 Å². The Hall–Kier alpha value is -2.26. The molecule has 1 heterocycles. The lowest BCUT2D eigenvalue weighted by Crippen LogP contribution is -2.27. The van der Waals surface area contributed by atoms with Crippen LogP contribution >= 0.6 is 0 Å². The van der Waals surface area contributed by atoms with E-state index in [0.29, 0.717) is 11.3 Å². The third-order valence-electron chi connectivity index (χ3n) is 3.19. The second kappa shape index (κ2) is 5.85. The third-order valence-corrected chi connectivity index (χ3v) is 5.24. The monoisotopic (exact) mass is 325 g/mol. The highest BCUT2D eigenvalue weighted by Crippen LogP contribution is 2.24. The van der Waals surface area contributed by atoms with Crippen molar-refractivity contribution in [2.75, 3.05) is 7.05 Å². The van der Waals surface area contributed by atoms with E-state index in [0.717, 1.165) is 4.31 Å². The Morgan fingerprint density at radius 3 is 2.32 bits per heavy atom. The maximum Gasteiger partial charge on any atom is 0.269 e. The highest BCUT2D eigenvalue weighted by Gasteiger charge is 2.28. The molecule has 1 aromatic carbocycles. The van der Waals surface area contributed by atoms with Gasteiger partial charge in [-0.3, -0.25) is 10.1 Å². The lowest BCUT2D eigenvalue weighted by atomic mass is 10.2. The van der Waals surface area contributed by atoms with Gasteiger partial charge in [0.25, 0.3) is 5.69 Å². The van der Waals surface area contributed by atoms with Crippen LogP contribution in [0, 0.1) is 24.0 Å². The number of nitro benzene ring substituents is 1. The molecule has 0 saturated carbocycles. The molecule has 0 fully saturated rings. The summed E-state index contributed by atoms with van der Waals surface area (Å²) >= 11 is 0. The first-order chi connectivity index (χ1) is 10.2. The van der Waals surface area contributed by atoms with Crippen molar-refractivity contribution in [3.05, 3.63) is 51.4 Å². The Bertz CT molecular complexity index is 776. The second-order valence-electron chi connectivity index (χ2n) is 4.84. The van der Waals surface area contributed by atoms with Crippen LogP contribution in [-0.2, 0) is 16.6 Å². The number of nitrogens with zero attached hydrogens (tertiary/aromatic N) is 3. The van der Waals surface area contributed by atoms with Crippen LogP contribution in [0.4, 0.5) is 5.69 Å². The standard InChI is InChI=1S/C13H15N3O5S/c1-9-13(10(2)21-14-9)22(19,20)15(3)8-11-4-6-12(7-5-11)16(17)18/h4-7H,8H2,1-3H3. The Morgan fingerprint density at radius 1 is 1.27 bits per heavy atom. The molecule has 0 radical (unpaired) electrons. The Labute approximate surface area is 127 Å². The molecule has 1 aromatic heterocycles. The molecule has 0 aliphatic heterocycles. The van der Waals surface area contributed by atoms with Gasteiger partial charge in [0.15, 0.2) is 5.76 Å². The molecule has 0 aliphatic rings. The van der Waals surface area contributed by atoms with Gasteiger partial charge in [0.2, 0.25) is 10.0 Å². The van der Waals surface area contributed by atoms with Gasteiger partial charge in [-0.1, -0.05) is 17.3 Å². The maximum atomic E-state index is 12.5. The van der Waals surface area contributed by atoms with Gasteiger partial charge in [0.1, 0.15) is 10.6 Å². The molecule has 118 valence electrons. The number of hydrogen-bond donors (Lipinski definition) is 0. The van der Waals surface area contributed by atoms with Crippen molar-refractivity contribution in [1.29, 1.82) is 0 Å². The van der Waals surface area contributed by atoms with E-state index in [9.17, 15) is 18.5 Å². The predicted octanol–water partition coefficient (Wildman–Crippen LogP) is 2.02.